The molecule has 32 heavy (non-hydrogen) atoms. The second-order valence-corrected chi connectivity index (χ2v) is 9.72. The number of aryl methyl sites for hydroxylation is 2. The van der Waals surface area contributed by atoms with Crippen LogP contribution in [0.15, 0.2) is 27.4 Å². The van der Waals surface area contributed by atoms with Crippen LogP contribution < -0.4 is 15.7 Å². The number of amides is 1. The first-order valence-corrected chi connectivity index (χ1v) is 12.2. The number of hydrogen-bond acceptors (Lipinski definition) is 7. The Kier molecular flexibility index (Phi) is 9.19. The van der Waals surface area contributed by atoms with Gasteiger partial charge in [0.15, 0.2) is 0 Å². The summed E-state index contributed by atoms with van der Waals surface area (Å²) in [4.78, 5) is 37.4. The third-order valence-corrected chi connectivity index (χ3v) is 5.27. The van der Waals surface area contributed by atoms with Crippen LogP contribution in [0.4, 0.5) is 4.79 Å². The Labute approximate surface area is 193 Å². The summed E-state index contributed by atoms with van der Waals surface area (Å²) < 4.78 is 16.5. The van der Waals surface area contributed by atoms with E-state index in [9.17, 15) is 14.4 Å². The van der Waals surface area contributed by atoms with Gasteiger partial charge in [-0.3, -0.25) is 0 Å². The van der Waals surface area contributed by atoms with Crippen LogP contribution >= 0.6 is 11.8 Å². The van der Waals surface area contributed by atoms with E-state index in [0.29, 0.717) is 35.3 Å². The molecule has 0 aliphatic heterocycles. The lowest BCUT2D eigenvalue weighted by Gasteiger charge is -2.23. The summed E-state index contributed by atoms with van der Waals surface area (Å²) in [6.07, 6.45) is 4.14. The van der Waals surface area contributed by atoms with Gasteiger partial charge in [0.05, 0.1) is 5.39 Å². The first-order chi connectivity index (χ1) is 15.0. The normalized spacial score (nSPS) is 12.4. The van der Waals surface area contributed by atoms with Crippen molar-refractivity contribution >= 4 is 34.8 Å². The molecule has 0 saturated heterocycles. The van der Waals surface area contributed by atoms with Crippen molar-refractivity contribution in [2.24, 2.45) is 0 Å². The first kappa shape index (κ1) is 25.8. The van der Waals surface area contributed by atoms with Crippen molar-refractivity contribution in [1.82, 2.24) is 5.32 Å². The highest BCUT2D eigenvalue weighted by Crippen LogP contribution is 2.31. The average Bonchev–Trinajstić information content (AvgIpc) is 2.67. The number of carbonyl (C=O) groups is 2. The second-order valence-electron chi connectivity index (χ2n) is 8.73. The Morgan fingerprint density at radius 3 is 2.56 bits per heavy atom. The molecule has 0 bridgehead atoms. The van der Waals surface area contributed by atoms with E-state index in [1.165, 1.54) is 6.07 Å². The predicted octanol–water partition coefficient (Wildman–Crippen LogP) is 5.00. The molecular weight excluding hydrogens is 430 g/mol. The zero-order valence-corrected chi connectivity index (χ0v) is 20.5. The Hall–Kier alpha value is -2.48. The average molecular weight is 464 g/mol. The molecule has 2 aromatic rings. The molecule has 2 rings (SSSR count). The summed E-state index contributed by atoms with van der Waals surface area (Å²) in [5.74, 6) is 0.380. The minimum absolute atomic E-state index is 0.319. The van der Waals surface area contributed by atoms with Crippen LogP contribution in [-0.2, 0) is 16.0 Å². The quantitative estimate of drug-likeness (QED) is 0.318. The minimum Gasteiger partial charge on any atom is -0.444 e. The standard InChI is InChI=1S/C24H33NO6S/c1-7-8-9-16-14-20(26)29-18-12-15(2)13-19(21(16)18)30-22(27)17(10-11-32-6)25-23(28)31-24(3,4)5/h12-14,17H,7-11H2,1-6H3,(H,25,28). The number of rotatable bonds is 9. The summed E-state index contributed by atoms with van der Waals surface area (Å²) in [5, 5.41) is 3.24. The fourth-order valence-corrected chi connectivity index (χ4v) is 3.70. The van der Waals surface area contributed by atoms with E-state index in [4.69, 9.17) is 13.9 Å². The molecule has 0 fully saturated rings. The lowest BCUT2D eigenvalue weighted by molar-refractivity contribution is -0.136. The van der Waals surface area contributed by atoms with Crippen molar-refractivity contribution < 1.29 is 23.5 Å². The van der Waals surface area contributed by atoms with Crippen molar-refractivity contribution in [2.75, 3.05) is 12.0 Å². The van der Waals surface area contributed by atoms with Gasteiger partial charge in [0, 0.05) is 6.07 Å². The number of alkyl carbamates (subject to hydrolysis) is 1. The van der Waals surface area contributed by atoms with Crippen molar-refractivity contribution in [3.63, 3.8) is 0 Å². The smallest absolute Gasteiger partial charge is 0.408 e. The van der Waals surface area contributed by atoms with Gasteiger partial charge in [0.2, 0.25) is 0 Å². The number of nitrogens with one attached hydrogen (secondary N) is 1. The zero-order valence-electron chi connectivity index (χ0n) is 19.7. The number of unbranched alkanes of at least 4 members (excludes halogenated alkanes) is 1. The number of hydrogen-bond donors (Lipinski definition) is 1. The fraction of sp³-hybridized carbons (Fsp3) is 0.542. The van der Waals surface area contributed by atoms with E-state index in [0.717, 1.165) is 24.0 Å². The third-order valence-electron chi connectivity index (χ3n) is 4.63. The SMILES string of the molecule is CCCCc1cc(=O)oc2cc(C)cc(OC(=O)C(CCSC)NC(=O)OC(C)(C)C)c12. The minimum atomic E-state index is -0.873. The molecule has 1 amide bonds. The highest BCUT2D eigenvalue weighted by molar-refractivity contribution is 7.98. The van der Waals surface area contributed by atoms with E-state index in [-0.39, 0.29) is 0 Å². The van der Waals surface area contributed by atoms with Crippen LogP contribution in [0, 0.1) is 6.92 Å². The van der Waals surface area contributed by atoms with E-state index in [1.807, 2.05) is 13.2 Å². The summed E-state index contributed by atoms with van der Waals surface area (Å²) in [7, 11) is 0. The topological polar surface area (TPSA) is 94.8 Å². The number of thioether (sulfide) groups is 1. The lowest BCUT2D eigenvalue weighted by Crippen LogP contribution is -2.45. The molecule has 1 aromatic carbocycles. The van der Waals surface area contributed by atoms with Crippen molar-refractivity contribution in [3.05, 3.63) is 39.7 Å². The van der Waals surface area contributed by atoms with Gasteiger partial charge in [-0.15, -0.1) is 0 Å². The van der Waals surface area contributed by atoms with Crippen LogP contribution in [0.2, 0.25) is 0 Å². The number of fused-ring (bicyclic) bond motifs is 1. The second kappa shape index (κ2) is 11.4. The van der Waals surface area contributed by atoms with Gasteiger partial charge in [0.25, 0.3) is 0 Å². The number of carbonyl (C=O) groups excluding carboxylic acids is 2. The molecule has 1 atom stereocenters. The van der Waals surface area contributed by atoms with Gasteiger partial charge < -0.3 is 19.2 Å². The Bertz CT molecular complexity index is 1010. The molecule has 1 N–H and O–H groups in total. The summed E-state index contributed by atoms with van der Waals surface area (Å²) >= 11 is 1.56. The predicted molar refractivity (Wildman–Crippen MR) is 128 cm³/mol. The van der Waals surface area contributed by atoms with Crippen molar-refractivity contribution in [2.45, 2.75) is 71.9 Å². The molecule has 7 nitrogen and oxygen atoms in total. The largest absolute Gasteiger partial charge is 0.444 e. The molecule has 0 aliphatic carbocycles. The van der Waals surface area contributed by atoms with Crippen LogP contribution in [0.3, 0.4) is 0 Å². The Morgan fingerprint density at radius 2 is 1.94 bits per heavy atom. The molecule has 1 unspecified atom stereocenters. The monoisotopic (exact) mass is 463 g/mol. The molecule has 0 spiro atoms. The van der Waals surface area contributed by atoms with Crippen molar-refractivity contribution in [1.29, 1.82) is 0 Å². The maximum absolute atomic E-state index is 13.1. The molecular formula is C24H33NO6S. The Balaban J connectivity index is 2.38. The maximum Gasteiger partial charge on any atom is 0.408 e. The van der Waals surface area contributed by atoms with Gasteiger partial charge >= 0.3 is 17.7 Å². The molecule has 176 valence electrons. The fourth-order valence-electron chi connectivity index (χ4n) is 3.23. The van der Waals surface area contributed by atoms with E-state index < -0.39 is 29.3 Å². The number of ether oxygens (including phenoxy) is 2. The van der Waals surface area contributed by atoms with Gasteiger partial charge in [-0.25, -0.2) is 14.4 Å². The number of esters is 1. The molecule has 0 saturated carbocycles. The maximum atomic E-state index is 13.1. The molecule has 0 radical (unpaired) electrons. The van der Waals surface area contributed by atoms with Crippen LogP contribution in [0.25, 0.3) is 11.0 Å². The highest BCUT2D eigenvalue weighted by Gasteiger charge is 2.27. The Morgan fingerprint density at radius 1 is 1.22 bits per heavy atom. The van der Waals surface area contributed by atoms with Crippen molar-refractivity contribution in [3.8, 4) is 5.75 Å². The molecule has 8 heteroatoms. The molecule has 1 heterocycles. The van der Waals surface area contributed by atoms with Crippen LogP contribution in [0.5, 0.6) is 5.75 Å². The lowest BCUT2D eigenvalue weighted by atomic mass is 10.0. The van der Waals surface area contributed by atoms with Gasteiger partial charge in [-0.05, 0) is 82.2 Å². The van der Waals surface area contributed by atoms with E-state index in [1.54, 1.807) is 44.7 Å². The summed E-state index contributed by atoms with van der Waals surface area (Å²) in [6.45, 7) is 9.17. The summed E-state index contributed by atoms with van der Waals surface area (Å²) in [6, 6.07) is 4.08. The highest BCUT2D eigenvalue weighted by atomic mass is 32.2. The molecule has 0 aliphatic rings. The molecule has 1 aromatic heterocycles. The third kappa shape index (κ3) is 7.58. The zero-order chi connectivity index (χ0) is 23.9. The van der Waals surface area contributed by atoms with Gasteiger partial charge in [0.1, 0.15) is 23.0 Å². The van der Waals surface area contributed by atoms with Crippen LogP contribution in [-0.4, -0.2) is 35.7 Å². The van der Waals surface area contributed by atoms with Crippen LogP contribution in [0.1, 0.15) is 58.1 Å². The number of benzene rings is 1. The first-order valence-electron chi connectivity index (χ1n) is 10.8. The van der Waals surface area contributed by atoms with E-state index >= 15 is 0 Å². The van der Waals surface area contributed by atoms with Gasteiger partial charge in [-0.1, -0.05) is 13.3 Å². The van der Waals surface area contributed by atoms with Gasteiger partial charge in [-0.2, -0.15) is 11.8 Å². The van der Waals surface area contributed by atoms with E-state index in [2.05, 4.69) is 12.2 Å². The summed E-state index contributed by atoms with van der Waals surface area (Å²) in [5.41, 5.74) is 0.831.